The molecule has 4 aromatic rings. The Bertz CT molecular complexity index is 1180. The van der Waals surface area contributed by atoms with Gasteiger partial charge in [-0.15, -0.1) is 0 Å². The summed E-state index contributed by atoms with van der Waals surface area (Å²) in [5, 5.41) is 2.69. The molecule has 0 saturated carbocycles. The van der Waals surface area contributed by atoms with Gasteiger partial charge in [0.05, 0.1) is 0 Å². The van der Waals surface area contributed by atoms with Crippen LogP contribution < -0.4 is 0 Å². The van der Waals surface area contributed by atoms with Gasteiger partial charge in [0.2, 0.25) is 0 Å². The first kappa shape index (κ1) is 18.8. The van der Waals surface area contributed by atoms with Crippen molar-refractivity contribution in [3.63, 3.8) is 0 Å². The molecular weight excluding hydrogens is 338 g/mol. The molecule has 0 fully saturated rings. The lowest BCUT2D eigenvalue weighted by Crippen LogP contribution is -2.20. The van der Waals surface area contributed by atoms with E-state index in [4.69, 9.17) is 0 Å². The fraction of sp³-hybridized carbons (Fsp3) is 0.333. The second kappa shape index (κ2) is 6.24. The van der Waals surface area contributed by atoms with Crippen molar-refractivity contribution in [1.29, 1.82) is 0 Å². The van der Waals surface area contributed by atoms with Gasteiger partial charge >= 0.3 is 0 Å². The summed E-state index contributed by atoms with van der Waals surface area (Å²) >= 11 is 0. The number of nitrogens with zero attached hydrogens (tertiary/aromatic N) is 1. The minimum absolute atomic E-state index is 0.0541. The third-order valence-corrected chi connectivity index (χ3v) is 6.33. The Morgan fingerprint density at radius 3 is 1.89 bits per heavy atom. The average Bonchev–Trinajstić information content (AvgIpc) is 2.92. The third kappa shape index (κ3) is 2.94. The molecule has 0 aliphatic carbocycles. The predicted octanol–water partition coefficient (Wildman–Crippen LogP) is 7.26. The SMILES string of the molecule is Cc1ccc2c(c1)c1cc(C(C)(C)c3cccc(C(C)(C)C)c3)ccc1n2C. The Kier molecular flexibility index (Phi) is 4.19. The highest BCUT2D eigenvalue weighted by Gasteiger charge is 2.26. The van der Waals surface area contributed by atoms with Crippen LogP contribution in [0.25, 0.3) is 21.8 Å². The van der Waals surface area contributed by atoms with Crippen molar-refractivity contribution in [1.82, 2.24) is 4.57 Å². The van der Waals surface area contributed by atoms with Crippen LogP contribution in [0, 0.1) is 6.92 Å². The maximum absolute atomic E-state index is 2.40. The van der Waals surface area contributed by atoms with E-state index in [-0.39, 0.29) is 10.8 Å². The zero-order chi connectivity index (χ0) is 20.3. The summed E-state index contributed by atoms with van der Waals surface area (Å²) in [7, 11) is 2.16. The molecule has 0 radical (unpaired) electrons. The van der Waals surface area contributed by atoms with E-state index in [9.17, 15) is 0 Å². The third-order valence-electron chi connectivity index (χ3n) is 6.33. The molecule has 0 aliphatic heterocycles. The fourth-order valence-electron chi connectivity index (χ4n) is 4.26. The first-order chi connectivity index (χ1) is 13.1. The number of hydrogen-bond donors (Lipinski definition) is 0. The predicted molar refractivity (Wildman–Crippen MR) is 122 cm³/mol. The topological polar surface area (TPSA) is 4.93 Å². The molecule has 0 N–H and O–H groups in total. The van der Waals surface area contributed by atoms with Gasteiger partial charge in [0.25, 0.3) is 0 Å². The maximum Gasteiger partial charge on any atom is 0.0488 e. The normalized spacial score (nSPS) is 12.8. The monoisotopic (exact) mass is 369 g/mol. The summed E-state index contributed by atoms with van der Waals surface area (Å²) in [4.78, 5) is 0. The van der Waals surface area contributed by atoms with Gasteiger partial charge in [0, 0.05) is 34.3 Å². The molecule has 0 saturated heterocycles. The minimum atomic E-state index is -0.0541. The van der Waals surface area contributed by atoms with Crippen LogP contribution in [0.15, 0.2) is 60.7 Å². The molecule has 3 aromatic carbocycles. The molecule has 0 atom stereocenters. The Hall–Kier alpha value is -2.54. The summed E-state index contributed by atoms with van der Waals surface area (Å²) in [5.74, 6) is 0. The Balaban J connectivity index is 1.91. The van der Waals surface area contributed by atoms with Crippen LogP contribution in [0.5, 0.6) is 0 Å². The highest BCUT2D eigenvalue weighted by molar-refractivity contribution is 6.08. The van der Waals surface area contributed by atoms with Crippen molar-refractivity contribution in [2.24, 2.45) is 7.05 Å². The van der Waals surface area contributed by atoms with Crippen LogP contribution in [0.1, 0.15) is 56.9 Å². The van der Waals surface area contributed by atoms with Crippen LogP contribution in [-0.2, 0) is 17.9 Å². The molecule has 0 unspecified atom stereocenters. The van der Waals surface area contributed by atoms with Crippen LogP contribution in [0.3, 0.4) is 0 Å². The quantitative estimate of drug-likeness (QED) is 0.350. The molecule has 4 rings (SSSR count). The molecule has 0 amide bonds. The standard InChI is InChI=1S/C27H31N/c1-18-11-13-24-22(15-18)23-17-21(12-14-25(23)28(24)7)27(5,6)20-10-8-9-19(16-20)26(2,3)4/h8-17H,1-7H3. The second-order valence-corrected chi connectivity index (χ2v) is 9.77. The van der Waals surface area contributed by atoms with E-state index < -0.39 is 0 Å². The Morgan fingerprint density at radius 1 is 0.643 bits per heavy atom. The summed E-state index contributed by atoms with van der Waals surface area (Å²) in [5.41, 5.74) is 8.12. The average molecular weight is 370 g/mol. The molecule has 0 bridgehead atoms. The van der Waals surface area contributed by atoms with Crippen LogP contribution in [-0.4, -0.2) is 4.57 Å². The zero-order valence-electron chi connectivity index (χ0n) is 18.2. The van der Waals surface area contributed by atoms with Gasteiger partial charge < -0.3 is 4.57 Å². The Morgan fingerprint density at radius 2 is 1.21 bits per heavy atom. The first-order valence-corrected chi connectivity index (χ1v) is 10.2. The van der Waals surface area contributed by atoms with Crippen molar-refractivity contribution in [3.05, 3.63) is 82.9 Å². The van der Waals surface area contributed by atoms with Crippen LogP contribution in [0.4, 0.5) is 0 Å². The van der Waals surface area contributed by atoms with Crippen LogP contribution >= 0.6 is 0 Å². The lowest BCUT2D eigenvalue weighted by Gasteiger charge is -2.29. The molecule has 1 heteroatoms. The molecule has 0 spiro atoms. The van der Waals surface area contributed by atoms with E-state index in [1.54, 1.807) is 0 Å². The van der Waals surface area contributed by atoms with Gasteiger partial charge in [-0.25, -0.2) is 0 Å². The van der Waals surface area contributed by atoms with Crippen molar-refractivity contribution in [2.45, 2.75) is 52.4 Å². The number of aryl methyl sites for hydroxylation is 2. The molecule has 1 heterocycles. The highest BCUT2D eigenvalue weighted by atomic mass is 14.9. The van der Waals surface area contributed by atoms with Gasteiger partial charge in [-0.3, -0.25) is 0 Å². The van der Waals surface area contributed by atoms with E-state index in [0.717, 1.165) is 0 Å². The van der Waals surface area contributed by atoms with Crippen molar-refractivity contribution < 1.29 is 0 Å². The van der Waals surface area contributed by atoms with Crippen molar-refractivity contribution in [2.75, 3.05) is 0 Å². The van der Waals surface area contributed by atoms with E-state index in [1.807, 2.05) is 0 Å². The van der Waals surface area contributed by atoms with Gasteiger partial charge in [-0.1, -0.05) is 76.6 Å². The van der Waals surface area contributed by atoms with Crippen molar-refractivity contribution >= 4 is 21.8 Å². The summed E-state index contributed by atoms with van der Waals surface area (Å²) in [6.45, 7) is 13.7. The molecular formula is C27H31N. The van der Waals surface area contributed by atoms with E-state index in [1.165, 1.54) is 44.1 Å². The van der Waals surface area contributed by atoms with E-state index in [2.05, 4.69) is 114 Å². The number of rotatable bonds is 2. The summed E-state index contributed by atoms with van der Waals surface area (Å²) in [6.07, 6.45) is 0. The second-order valence-electron chi connectivity index (χ2n) is 9.77. The molecule has 28 heavy (non-hydrogen) atoms. The highest BCUT2D eigenvalue weighted by Crippen LogP contribution is 2.37. The molecule has 144 valence electrons. The molecule has 1 aromatic heterocycles. The maximum atomic E-state index is 2.40. The van der Waals surface area contributed by atoms with Crippen LogP contribution in [0.2, 0.25) is 0 Å². The van der Waals surface area contributed by atoms with Gasteiger partial charge in [0.15, 0.2) is 0 Å². The van der Waals surface area contributed by atoms with Gasteiger partial charge in [-0.2, -0.15) is 0 Å². The summed E-state index contributed by atoms with van der Waals surface area (Å²) in [6, 6.07) is 22.9. The van der Waals surface area contributed by atoms with E-state index in [0.29, 0.717) is 0 Å². The lowest BCUT2D eigenvalue weighted by atomic mass is 9.75. The molecule has 0 aliphatic rings. The van der Waals surface area contributed by atoms with Gasteiger partial charge in [-0.05, 0) is 53.3 Å². The fourth-order valence-corrected chi connectivity index (χ4v) is 4.26. The number of fused-ring (bicyclic) bond motifs is 3. The number of hydrogen-bond acceptors (Lipinski definition) is 0. The smallest absolute Gasteiger partial charge is 0.0488 e. The Labute approximate surface area is 169 Å². The molecule has 1 nitrogen and oxygen atoms in total. The number of benzene rings is 3. The summed E-state index contributed by atoms with van der Waals surface area (Å²) < 4.78 is 2.31. The minimum Gasteiger partial charge on any atom is -0.344 e. The van der Waals surface area contributed by atoms with E-state index >= 15 is 0 Å². The first-order valence-electron chi connectivity index (χ1n) is 10.2. The number of aromatic nitrogens is 1. The zero-order valence-corrected chi connectivity index (χ0v) is 18.2. The lowest BCUT2D eigenvalue weighted by molar-refractivity contribution is 0.582. The van der Waals surface area contributed by atoms with Gasteiger partial charge in [0.1, 0.15) is 0 Å². The largest absolute Gasteiger partial charge is 0.344 e. The van der Waals surface area contributed by atoms with Crippen molar-refractivity contribution in [3.8, 4) is 0 Å².